The minimum absolute atomic E-state index is 0. The molecular weight excluding hydrogens is 252 g/mol. The summed E-state index contributed by atoms with van der Waals surface area (Å²) in [6.45, 7) is 6.04. The predicted octanol–water partition coefficient (Wildman–Crippen LogP) is 3.65. The SMILES string of the molecule is CCNCc1nc(C)c(-c2ccccc2)s1.Cl. The lowest BCUT2D eigenvalue weighted by Gasteiger charge is -1.96. The zero-order valence-corrected chi connectivity index (χ0v) is 11.7. The summed E-state index contributed by atoms with van der Waals surface area (Å²) in [6.07, 6.45) is 0. The van der Waals surface area contributed by atoms with Crippen LogP contribution >= 0.6 is 23.7 Å². The number of hydrogen-bond donors (Lipinski definition) is 1. The first-order valence-corrected chi connectivity index (χ1v) is 6.35. The van der Waals surface area contributed by atoms with E-state index in [4.69, 9.17) is 0 Å². The first kappa shape index (κ1) is 14.2. The highest BCUT2D eigenvalue weighted by Gasteiger charge is 2.08. The van der Waals surface area contributed by atoms with Crippen LogP contribution in [0.4, 0.5) is 0 Å². The second-order valence-corrected chi connectivity index (χ2v) is 4.75. The van der Waals surface area contributed by atoms with Crippen molar-refractivity contribution in [1.82, 2.24) is 10.3 Å². The van der Waals surface area contributed by atoms with Crippen LogP contribution in [-0.2, 0) is 6.54 Å². The number of aromatic nitrogens is 1. The van der Waals surface area contributed by atoms with Crippen LogP contribution in [0.15, 0.2) is 30.3 Å². The first-order valence-electron chi connectivity index (χ1n) is 5.53. The van der Waals surface area contributed by atoms with Crippen LogP contribution in [0, 0.1) is 6.92 Å². The number of thiazole rings is 1. The van der Waals surface area contributed by atoms with Gasteiger partial charge in [0.1, 0.15) is 5.01 Å². The smallest absolute Gasteiger partial charge is 0.107 e. The number of nitrogens with one attached hydrogen (secondary N) is 1. The number of rotatable bonds is 4. The fourth-order valence-electron chi connectivity index (χ4n) is 1.62. The Bertz CT molecular complexity index is 454. The lowest BCUT2D eigenvalue weighted by Crippen LogP contribution is -2.11. The van der Waals surface area contributed by atoms with Crippen LogP contribution in [0.5, 0.6) is 0 Å². The maximum absolute atomic E-state index is 4.58. The molecule has 2 aromatic rings. The second-order valence-electron chi connectivity index (χ2n) is 3.67. The molecule has 17 heavy (non-hydrogen) atoms. The molecule has 0 atom stereocenters. The van der Waals surface area contributed by atoms with Crippen molar-refractivity contribution < 1.29 is 0 Å². The Labute approximate surface area is 113 Å². The van der Waals surface area contributed by atoms with Gasteiger partial charge in [-0.2, -0.15) is 0 Å². The van der Waals surface area contributed by atoms with Crippen LogP contribution in [0.2, 0.25) is 0 Å². The summed E-state index contributed by atoms with van der Waals surface area (Å²) in [6, 6.07) is 10.4. The van der Waals surface area contributed by atoms with Gasteiger partial charge in [0.15, 0.2) is 0 Å². The van der Waals surface area contributed by atoms with Gasteiger partial charge in [0.2, 0.25) is 0 Å². The van der Waals surface area contributed by atoms with Gasteiger partial charge in [-0.25, -0.2) is 4.98 Å². The van der Waals surface area contributed by atoms with Crippen molar-refractivity contribution >= 4 is 23.7 Å². The molecule has 0 saturated heterocycles. The van der Waals surface area contributed by atoms with Crippen LogP contribution in [-0.4, -0.2) is 11.5 Å². The van der Waals surface area contributed by atoms with Crippen LogP contribution < -0.4 is 5.32 Å². The molecule has 2 rings (SSSR count). The summed E-state index contributed by atoms with van der Waals surface area (Å²) >= 11 is 1.78. The van der Waals surface area contributed by atoms with Crippen molar-refractivity contribution in [3.05, 3.63) is 41.0 Å². The highest BCUT2D eigenvalue weighted by atomic mass is 35.5. The van der Waals surface area contributed by atoms with E-state index in [0.29, 0.717) is 0 Å². The molecular formula is C13H17ClN2S. The maximum Gasteiger partial charge on any atom is 0.107 e. The Balaban J connectivity index is 0.00000144. The molecule has 4 heteroatoms. The van der Waals surface area contributed by atoms with Gasteiger partial charge in [-0.15, -0.1) is 23.7 Å². The number of nitrogens with zero attached hydrogens (tertiary/aromatic N) is 1. The predicted molar refractivity (Wildman–Crippen MR) is 76.9 cm³/mol. The number of benzene rings is 1. The summed E-state index contributed by atoms with van der Waals surface area (Å²) in [5.41, 5.74) is 2.39. The van der Waals surface area contributed by atoms with Gasteiger partial charge >= 0.3 is 0 Å². The van der Waals surface area contributed by atoms with Crippen molar-refractivity contribution in [2.75, 3.05) is 6.54 Å². The van der Waals surface area contributed by atoms with Crippen molar-refractivity contribution in [3.8, 4) is 10.4 Å². The average molecular weight is 269 g/mol. The summed E-state index contributed by atoms with van der Waals surface area (Å²) in [4.78, 5) is 5.87. The fraction of sp³-hybridized carbons (Fsp3) is 0.308. The van der Waals surface area contributed by atoms with E-state index in [2.05, 4.69) is 48.4 Å². The lowest BCUT2D eigenvalue weighted by molar-refractivity contribution is 0.721. The molecule has 1 aromatic heterocycles. The second kappa shape index (κ2) is 6.74. The third-order valence-electron chi connectivity index (χ3n) is 2.40. The van der Waals surface area contributed by atoms with Gasteiger partial charge in [0.25, 0.3) is 0 Å². The van der Waals surface area contributed by atoms with Gasteiger partial charge in [0.05, 0.1) is 10.6 Å². The third kappa shape index (κ3) is 3.53. The Morgan fingerprint density at radius 1 is 1.24 bits per heavy atom. The molecule has 1 N–H and O–H groups in total. The Morgan fingerprint density at radius 3 is 2.59 bits per heavy atom. The van der Waals surface area contributed by atoms with E-state index in [0.717, 1.165) is 18.8 Å². The summed E-state index contributed by atoms with van der Waals surface area (Å²) < 4.78 is 0. The van der Waals surface area contributed by atoms with Crippen LogP contribution in [0.25, 0.3) is 10.4 Å². The van der Waals surface area contributed by atoms with E-state index in [1.165, 1.54) is 15.4 Å². The summed E-state index contributed by atoms with van der Waals surface area (Å²) in [5, 5.41) is 4.47. The molecule has 1 aromatic carbocycles. The molecule has 0 bridgehead atoms. The van der Waals surface area contributed by atoms with Crippen molar-refractivity contribution in [2.45, 2.75) is 20.4 Å². The molecule has 1 heterocycles. The Hall–Kier alpha value is -0.900. The summed E-state index contributed by atoms with van der Waals surface area (Å²) in [7, 11) is 0. The third-order valence-corrected chi connectivity index (χ3v) is 3.61. The van der Waals surface area contributed by atoms with Crippen molar-refractivity contribution in [2.24, 2.45) is 0 Å². The van der Waals surface area contributed by atoms with E-state index in [9.17, 15) is 0 Å². The fourth-order valence-corrected chi connectivity index (χ4v) is 2.66. The largest absolute Gasteiger partial charge is 0.311 e. The van der Waals surface area contributed by atoms with Crippen LogP contribution in [0.3, 0.4) is 0 Å². The molecule has 92 valence electrons. The molecule has 0 amide bonds. The van der Waals surface area contributed by atoms with Gasteiger partial charge in [-0.1, -0.05) is 37.3 Å². The van der Waals surface area contributed by atoms with E-state index >= 15 is 0 Å². The Kier molecular flexibility index (Phi) is 5.62. The molecule has 0 aliphatic heterocycles. The normalized spacial score (nSPS) is 10.0. The van der Waals surface area contributed by atoms with E-state index < -0.39 is 0 Å². The highest BCUT2D eigenvalue weighted by Crippen LogP contribution is 2.29. The lowest BCUT2D eigenvalue weighted by atomic mass is 10.2. The van der Waals surface area contributed by atoms with Gasteiger partial charge in [0, 0.05) is 6.54 Å². The standard InChI is InChI=1S/C13H16N2S.ClH/c1-3-14-9-12-15-10(2)13(16-12)11-7-5-4-6-8-11;/h4-8,14H,3,9H2,1-2H3;1H. The molecule has 2 nitrogen and oxygen atoms in total. The van der Waals surface area contributed by atoms with Gasteiger partial charge in [-0.3, -0.25) is 0 Å². The zero-order chi connectivity index (χ0) is 11.4. The van der Waals surface area contributed by atoms with Gasteiger partial charge < -0.3 is 5.32 Å². The average Bonchev–Trinajstić information content (AvgIpc) is 2.69. The van der Waals surface area contributed by atoms with E-state index in [1.54, 1.807) is 11.3 Å². The summed E-state index contributed by atoms with van der Waals surface area (Å²) in [5.74, 6) is 0. The van der Waals surface area contributed by atoms with Crippen molar-refractivity contribution in [1.29, 1.82) is 0 Å². The maximum atomic E-state index is 4.58. The van der Waals surface area contributed by atoms with Gasteiger partial charge in [-0.05, 0) is 19.0 Å². The molecule has 0 saturated carbocycles. The monoisotopic (exact) mass is 268 g/mol. The zero-order valence-electron chi connectivity index (χ0n) is 10.1. The van der Waals surface area contributed by atoms with Crippen molar-refractivity contribution in [3.63, 3.8) is 0 Å². The molecule has 0 fully saturated rings. The Morgan fingerprint density at radius 2 is 1.94 bits per heavy atom. The molecule has 0 aliphatic rings. The minimum atomic E-state index is 0. The van der Waals surface area contributed by atoms with E-state index in [1.807, 2.05) is 6.07 Å². The van der Waals surface area contributed by atoms with Crippen LogP contribution in [0.1, 0.15) is 17.6 Å². The topological polar surface area (TPSA) is 24.9 Å². The number of halogens is 1. The van der Waals surface area contributed by atoms with E-state index in [-0.39, 0.29) is 12.4 Å². The first-order chi connectivity index (χ1) is 7.81. The highest BCUT2D eigenvalue weighted by molar-refractivity contribution is 7.15. The molecule has 0 aliphatic carbocycles. The molecule has 0 spiro atoms. The minimum Gasteiger partial charge on any atom is -0.311 e. The quantitative estimate of drug-likeness (QED) is 0.916. The molecule has 0 unspecified atom stereocenters. The number of aryl methyl sites for hydroxylation is 1. The number of hydrogen-bond acceptors (Lipinski definition) is 3. The molecule has 0 radical (unpaired) electrons.